The number of carbonyl (C=O) groups is 3. The number of carboxylic acids is 2. The van der Waals surface area contributed by atoms with Crippen molar-refractivity contribution >= 4 is 34.8 Å². The molecule has 8 N–H and O–H groups in total. The SMILES string of the molecule is Nc1ncnc2c1ncn2[C@@H]1O[C@H](C(=O)O)[C@@H](NC(=O)[C@@H](N)Cc2ccc(OCC(=O)O)cc2)[C@H]1O. The van der Waals surface area contributed by atoms with Crippen molar-refractivity contribution in [3.63, 3.8) is 0 Å². The molecule has 36 heavy (non-hydrogen) atoms. The first-order valence-electron chi connectivity index (χ1n) is 10.6. The molecule has 3 aromatic rings. The van der Waals surface area contributed by atoms with E-state index in [2.05, 4.69) is 20.3 Å². The fourth-order valence-corrected chi connectivity index (χ4v) is 3.82. The predicted molar refractivity (Wildman–Crippen MR) is 120 cm³/mol. The average molecular weight is 501 g/mol. The number of carbonyl (C=O) groups excluding carboxylic acids is 1. The number of hydrogen-bond donors (Lipinski definition) is 6. The van der Waals surface area contributed by atoms with Gasteiger partial charge in [0.1, 0.15) is 23.7 Å². The van der Waals surface area contributed by atoms with Crippen molar-refractivity contribution in [1.82, 2.24) is 24.8 Å². The zero-order valence-corrected chi connectivity index (χ0v) is 18.6. The van der Waals surface area contributed by atoms with E-state index in [1.54, 1.807) is 12.1 Å². The number of carboxylic acid groups (broad SMARTS) is 2. The molecular weight excluding hydrogens is 478 g/mol. The van der Waals surface area contributed by atoms with Gasteiger partial charge in [0.05, 0.1) is 18.4 Å². The predicted octanol–water partition coefficient (Wildman–Crippen LogP) is -1.73. The number of nitrogens with two attached hydrogens (primary N) is 2. The van der Waals surface area contributed by atoms with Crippen molar-refractivity contribution in [3.8, 4) is 5.75 Å². The standard InChI is InChI=1S/C21H23N7O8/c22-11(5-9-1-3-10(4-2-9)35-6-12(29)30)19(32)27-13-15(31)20(36-16(13)21(33)34)28-8-26-14-17(23)24-7-25-18(14)28/h1-4,7-8,11,13,15-16,20,31H,5-6,22H2,(H,27,32)(H,29,30)(H,33,34)(H2,23,24,25)/t11-,13-,15+,16-,20+/m0/s1. The Hall–Kier alpha value is -4.34. The van der Waals surface area contributed by atoms with Crippen LogP contribution in [0.3, 0.4) is 0 Å². The van der Waals surface area contributed by atoms with Crippen LogP contribution in [-0.4, -0.2) is 83.6 Å². The van der Waals surface area contributed by atoms with E-state index in [1.165, 1.54) is 29.4 Å². The largest absolute Gasteiger partial charge is 0.482 e. The summed E-state index contributed by atoms with van der Waals surface area (Å²) in [7, 11) is 0. The number of rotatable bonds is 9. The number of amides is 1. The van der Waals surface area contributed by atoms with Crippen LogP contribution in [0.4, 0.5) is 5.82 Å². The van der Waals surface area contributed by atoms with Crippen molar-refractivity contribution in [1.29, 1.82) is 0 Å². The van der Waals surface area contributed by atoms with E-state index < -0.39 is 55.0 Å². The van der Waals surface area contributed by atoms with E-state index in [9.17, 15) is 24.6 Å². The highest BCUT2D eigenvalue weighted by Gasteiger charge is 2.49. The molecule has 15 heteroatoms. The molecule has 0 aliphatic carbocycles. The maximum atomic E-state index is 12.8. The molecule has 3 heterocycles. The second-order valence-electron chi connectivity index (χ2n) is 8.03. The van der Waals surface area contributed by atoms with Crippen LogP contribution in [0.5, 0.6) is 5.75 Å². The van der Waals surface area contributed by atoms with Crippen LogP contribution in [0.2, 0.25) is 0 Å². The number of aliphatic carboxylic acids is 2. The number of benzene rings is 1. The van der Waals surface area contributed by atoms with Crippen LogP contribution in [0.15, 0.2) is 36.9 Å². The number of nitrogen functional groups attached to an aromatic ring is 1. The molecule has 1 amide bonds. The van der Waals surface area contributed by atoms with Gasteiger partial charge in [-0.25, -0.2) is 24.5 Å². The molecule has 4 rings (SSSR count). The quantitative estimate of drug-likeness (QED) is 0.191. The third kappa shape index (κ3) is 5.02. The smallest absolute Gasteiger partial charge is 0.341 e. The zero-order chi connectivity index (χ0) is 26.0. The average Bonchev–Trinajstić information content (AvgIpc) is 3.40. The third-order valence-corrected chi connectivity index (χ3v) is 5.56. The summed E-state index contributed by atoms with van der Waals surface area (Å²) in [6, 6.07) is 3.90. The molecule has 1 aliphatic heterocycles. The monoisotopic (exact) mass is 501 g/mol. The van der Waals surface area contributed by atoms with E-state index in [0.717, 1.165) is 0 Å². The summed E-state index contributed by atoms with van der Waals surface area (Å²) < 4.78 is 11.9. The first kappa shape index (κ1) is 24.8. The fraction of sp³-hybridized carbons (Fsp3) is 0.333. The highest BCUT2D eigenvalue weighted by molar-refractivity contribution is 5.84. The number of ether oxygens (including phenoxy) is 2. The highest BCUT2D eigenvalue weighted by atomic mass is 16.6. The van der Waals surface area contributed by atoms with Crippen LogP contribution in [0.25, 0.3) is 11.2 Å². The van der Waals surface area contributed by atoms with Gasteiger partial charge >= 0.3 is 11.9 Å². The van der Waals surface area contributed by atoms with E-state index in [1.807, 2.05) is 0 Å². The van der Waals surface area contributed by atoms with Gasteiger partial charge < -0.3 is 41.6 Å². The summed E-state index contributed by atoms with van der Waals surface area (Å²) in [6.07, 6.45) is -1.75. The molecule has 0 bridgehead atoms. The lowest BCUT2D eigenvalue weighted by Gasteiger charge is -2.22. The van der Waals surface area contributed by atoms with E-state index >= 15 is 0 Å². The van der Waals surface area contributed by atoms with Gasteiger partial charge in [0.15, 0.2) is 30.4 Å². The highest BCUT2D eigenvalue weighted by Crippen LogP contribution is 2.32. The summed E-state index contributed by atoms with van der Waals surface area (Å²) >= 11 is 0. The molecule has 15 nitrogen and oxygen atoms in total. The first-order chi connectivity index (χ1) is 17.2. The Labute approximate surface area is 202 Å². The molecule has 0 spiro atoms. The number of aromatic nitrogens is 4. The van der Waals surface area contributed by atoms with Crippen LogP contribution >= 0.6 is 0 Å². The van der Waals surface area contributed by atoms with Crippen LogP contribution < -0.4 is 21.5 Å². The van der Waals surface area contributed by atoms with Crippen LogP contribution in [0, 0.1) is 0 Å². The minimum atomic E-state index is -1.58. The van der Waals surface area contributed by atoms with E-state index in [0.29, 0.717) is 11.3 Å². The van der Waals surface area contributed by atoms with Crippen molar-refractivity contribution in [2.45, 2.75) is 36.9 Å². The molecule has 2 aromatic heterocycles. The number of imidazole rings is 1. The number of hydrogen-bond acceptors (Lipinski definition) is 11. The van der Waals surface area contributed by atoms with Gasteiger partial charge in [0.2, 0.25) is 5.91 Å². The Bertz CT molecular complexity index is 1280. The lowest BCUT2D eigenvalue weighted by Crippen LogP contribution is -2.54. The normalized spacial score (nSPS) is 22.3. The molecular formula is C21H23N7O8. The topological polar surface area (TPSA) is 238 Å². The van der Waals surface area contributed by atoms with E-state index in [4.69, 9.17) is 26.0 Å². The Morgan fingerprint density at radius 1 is 1.17 bits per heavy atom. The number of aliphatic hydroxyl groups is 1. The summed E-state index contributed by atoms with van der Waals surface area (Å²) in [5.74, 6) is -2.79. The lowest BCUT2D eigenvalue weighted by atomic mass is 10.0. The Morgan fingerprint density at radius 2 is 1.89 bits per heavy atom. The number of fused-ring (bicyclic) bond motifs is 1. The molecule has 5 atom stereocenters. The van der Waals surface area contributed by atoms with Crippen molar-refractivity contribution in [2.75, 3.05) is 12.3 Å². The Morgan fingerprint density at radius 3 is 2.56 bits per heavy atom. The second-order valence-corrected chi connectivity index (χ2v) is 8.03. The molecule has 1 fully saturated rings. The molecule has 190 valence electrons. The van der Waals surface area contributed by atoms with Crippen molar-refractivity contribution in [2.24, 2.45) is 5.73 Å². The van der Waals surface area contributed by atoms with Crippen molar-refractivity contribution in [3.05, 3.63) is 42.5 Å². The van der Waals surface area contributed by atoms with Gasteiger partial charge in [-0.05, 0) is 24.1 Å². The molecule has 1 saturated heterocycles. The number of anilines is 1. The molecule has 0 unspecified atom stereocenters. The first-order valence-corrected chi connectivity index (χ1v) is 10.6. The fourth-order valence-electron chi connectivity index (χ4n) is 3.82. The lowest BCUT2D eigenvalue weighted by molar-refractivity contribution is -0.152. The van der Waals surface area contributed by atoms with Gasteiger partial charge in [-0.15, -0.1) is 0 Å². The van der Waals surface area contributed by atoms with Gasteiger partial charge in [0, 0.05) is 0 Å². The van der Waals surface area contributed by atoms with Crippen LogP contribution in [0.1, 0.15) is 11.8 Å². The number of nitrogens with one attached hydrogen (secondary N) is 1. The van der Waals surface area contributed by atoms with Gasteiger partial charge in [-0.2, -0.15) is 0 Å². The maximum absolute atomic E-state index is 12.8. The minimum Gasteiger partial charge on any atom is -0.482 e. The molecule has 1 aliphatic rings. The third-order valence-electron chi connectivity index (χ3n) is 5.56. The molecule has 0 saturated carbocycles. The summed E-state index contributed by atoms with van der Waals surface area (Å²) in [4.78, 5) is 47.2. The summed E-state index contributed by atoms with van der Waals surface area (Å²) in [5, 5.41) is 31.6. The number of nitrogens with zero attached hydrogens (tertiary/aromatic N) is 4. The Balaban J connectivity index is 1.45. The van der Waals surface area contributed by atoms with E-state index in [-0.39, 0.29) is 23.4 Å². The molecule has 1 aromatic carbocycles. The minimum absolute atomic E-state index is 0.0816. The second kappa shape index (κ2) is 10.1. The molecule has 0 radical (unpaired) electrons. The Kier molecular flexibility index (Phi) is 6.96. The van der Waals surface area contributed by atoms with Crippen molar-refractivity contribution < 1.29 is 39.2 Å². The van der Waals surface area contributed by atoms with Crippen LogP contribution in [-0.2, 0) is 25.5 Å². The van der Waals surface area contributed by atoms with Gasteiger partial charge in [-0.1, -0.05) is 12.1 Å². The number of aliphatic hydroxyl groups excluding tert-OH is 1. The summed E-state index contributed by atoms with van der Waals surface area (Å²) in [6.45, 7) is -0.492. The zero-order valence-electron chi connectivity index (χ0n) is 18.6. The summed E-state index contributed by atoms with van der Waals surface area (Å²) in [5.41, 5.74) is 12.9. The van der Waals surface area contributed by atoms with Gasteiger partial charge in [-0.3, -0.25) is 9.36 Å². The van der Waals surface area contributed by atoms with Gasteiger partial charge in [0.25, 0.3) is 0 Å². The maximum Gasteiger partial charge on any atom is 0.341 e.